The number of carbonyl (C=O) groups is 1. The van der Waals surface area contributed by atoms with Gasteiger partial charge in [0, 0.05) is 19.4 Å². The highest BCUT2D eigenvalue weighted by Crippen LogP contribution is 2.47. The van der Waals surface area contributed by atoms with E-state index in [1.165, 1.54) is 5.57 Å². The molecule has 0 saturated carbocycles. The lowest BCUT2D eigenvalue weighted by Gasteiger charge is -2.36. The third kappa shape index (κ3) is 10.4. The Morgan fingerprint density at radius 1 is 1.14 bits per heavy atom. The molecule has 0 radical (unpaired) electrons. The van der Waals surface area contributed by atoms with E-state index < -0.39 is 8.32 Å². The topological polar surface area (TPSA) is 66.5 Å². The number of rotatable bonds is 19. The predicted molar refractivity (Wildman–Crippen MR) is 175 cm³/mol. The molecule has 2 saturated heterocycles. The first-order valence-electron chi connectivity index (χ1n) is 16.5. The molecule has 2 heterocycles. The minimum Gasteiger partial charge on any atom is -0.461 e. The Kier molecular flexibility index (Phi) is 15.2. The van der Waals surface area contributed by atoms with Crippen molar-refractivity contribution in [1.29, 1.82) is 0 Å². The van der Waals surface area contributed by atoms with Crippen LogP contribution in [-0.4, -0.2) is 64.1 Å². The first-order chi connectivity index (χ1) is 19.9. The molecule has 0 N–H and O–H groups in total. The van der Waals surface area contributed by atoms with E-state index >= 15 is 0 Å². The number of carbonyl (C=O) groups excluding carboxylic acids is 1. The Balaban J connectivity index is 1.90. The Morgan fingerprint density at radius 2 is 1.81 bits per heavy atom. The molecule has 0 unspecified atom stereocenters. The SMILES string of the molecule is C=CCOC(=O)CC[C@H]1CC[C@H](C)[C@@H](/C(C)=C/C=C/[C@@H](C)C[C@@]2(C)O[C@@H]2[C@H](C)[C@@H](OC)[C@@H](C)O[Si](CC)(CC)CC)O1. The molecule has 0 aromatic rings. The summed E-state index contributed by atoms with van der Waals surface area (Å²) >= 11 is 0. The number of ether oxygens (including phenoxy) is 4. The van der Waals surface area contributed by atoms with E-state index in [2.05, 4.69) is 87.1 Å². The largest absolute Gasteiger partial charge is 0.461 e. The summed E-state index contributed by atoms with van der Waals surface area (Å²) in [6, 6.07) is 3.43. The van der Waals surface area contributed by atoms with Gasteiger partial charge in [0.25, 0.3) is 0 Å². The molecule has 9 atom stereocenters. The minimum absolute atomic E-state index is 0.0175. The molecule has 0 bridgehead atoms. The van der Waals surface area contributed by atoms with Crippen LogP contribution in [0.5, 0.6) is 0 Å². The van der Waals surface area contributed by atoms with Gasteiger partial charge < -0.3 is 23.4 Å². The molecule has 7 heteroatoms. The standard InChI is InChI=1S/C35H62O6Si/c1-12-23-38-31(36)22-21-30-20-19-27(7)32(39-30)26(6)18-16-17-25(5)24-35(10)34(40-35)28(8)33(37-11)29(9)41-42(13-2,14-3)15-4/h12,16-18,25,27-30,32-34H,1,13-15,19-24H2,2-11H3/b17-16+,26-18+/t25-,27+,28-,29-,30-,32-,33-,34-,35-/m1/s1. The van der Waals surface area contributed by atoms with Gasteiger partial charge in [-0.2, -0.15) is 0 Å². The summed E-state index contributed by atoms with van der Waals surface area (Å²) in [4.78, 5) is 11.9. The number of hydrogen-bond donors (Lipinski definition) is 0. The molecule has 0 aliphatic carbocycles. The van der Waals surface area contributed by atoms with Crippen molar-refractivity contribution >= 4 is 14.3 Å². The second-order valence-electron chi connectivity index (χ2n) is 13.2. The summed E-state index contributed by atoms with van der Waals surface area (Å²) in [7, 11) is 0.104. The highest BCUT2D eigenvalue weighted by Gasteiger charge is 2.57. The van der Waals surface area contributed by atoms with E-state index in [0.29, 0.717) is 24.7 Å². The van der Waals surface area contributed by atoms with Gasteiger partial charge in [-0.25, -0.2) is 0 Å². The fourth-order valence-electron chi connectivity index (χ4n) is 7.03. The van der Waals surface area contributed by atoms with E-state index in [1.807, 2.05) is 7.11 Å². The van der Waals surface area contributed by atoms with Crippen molar-refractivity contribution in [3.63, 3.8) is 0 Å². The van der Waals surface area contributed by atoms with Gasteiger partial charge in [0.05, 0.1) is 36.1 Å². The molecule has 0 spiro atoms. The Morgan fingerprint density at radius 3 is 2.40 bits per heavy atom. The first kappa shape index (κ1) is 36.9. The quantitative estimate of drug-likeness (QED) is 0.0483. The van der Waals surface area contributed by atoms with Crippen molar-refractivity contribution in [3.8, 4) is 0 Å². The first-order valence-corrected chi connectivity index (χ1v) is 19.1. The third-order valence-corrected chi connectivity index (χ3v) is 14.6. The van der Waals surface area contributed by atoms with Gasteiger partial charge in [0.1, 0.15) is 6.61 Å². The van der Waals surface area contributed by atoms with Gasteiger partial charge in [-0.15, -0.1) is 0 Å². The van der Waals surface area contributed by atoms with Gasteiger partial charge in [-0.05, 0) is 82.0 Å². The summed E-state index contributed by atoms with van der Waals surface area (Å²) in [5, 5.41) is 0. The van der Waals surface area contributed by atoms with Crippen molar-refractivity contribution in [1.82, 2.24) is 0 Å². The summed E-state index contributed by atoms with van der Waals surface area (Å²) < 4.78 is 30.7. The molecule has 0 aromatic heterocycles. The lowest BCUT2D eigenvalue weighted by atomic mass is 9.85. The molecule has 42 heavy (non-hydrogen) atoms. The zero-order valence-corrected chi connectivity index (χ0v) is 29.4. The smallest absolute Gasteiger partial charge is 0.306 e. The van der Waals surface area contributed by atoms with Crippen LogP contribution in [0.3, 0.4) is 0 Å². The van der Waals surface area contributed by atoms with Gasteiger partial charge in [0.15, 0.2) is 8.32 Å². The molecular formula is C35H62O6Si. The van der Waals surface area contributed by atoms with Crippen molar-refractivity contribution in [2.45, 2.75) is 149 Å². The lowest BCUT2D eigenvalue weighted by Crippen LogP contribution is -2.46. The van der Waals surface area contributed by atoms with Crippen LogP contribution in [0.2, 0.25) is 18.1 Å². The van der Waals surface area contributed by atoms with E-state index in [4.69, 9.17) is 23.4 Å². The van der Waals surface area contributed by atoms with Crippen molar-refractivity contribution in [2.75, 3.05) is 13.7 Å². The number of hydrogen-bond acceptors (Lipinski definition) is 6. The fraction of sp³-hybridized carbons (Fsp3) is 0.800. The summed E-state index contributed by atoms with van der Waals surface area (Å²) in [6.07, 6.45) is 12.8. The second-order valence-corrected chi connectivity index (χ2v) is 17.9. The maximum atomic E-state index is 11.9. The van der Waals surface area contributed by atoms with Crippen LogP contribution >= 0.6 is 0 Å². The number of epoxide rings is 1. The van der Waals surface area contributed by atoms with Gasteiger partial charge in [-0.1, -0.05) is 72.4 Å². The van der Waals surface area contributed by atoms with Crippen LogP contribution in [0.4, 0.5) is 0 Å². The highest BCUT2D eigenvalue weighted by atomic mass is 28.4. The normalized spacial score (nSPS) is 29.6. The second kappa shape index (κ2) is 17.3. The van der Waals surface area contributed by atoms with Crippen molar-refractivity contribution < 1.29 is 28.2 Å². The molecule has 0 amide bonds. The molecule has 2 fully saturated rings. The maximum Gasteiger partial charge on any atom is 0.306 e. The Labute approximate surface area is 258 Å². The van der Waals surface area contributed by atoms with E-state index in [9.17, 15) is 4.79 Å². The van der Waals surface area contributed by atoms with Crippen LogP contribution in [-0.2, 0) is 28.2 Å². The average Bonchev–Trinajstić information content (AvgIpc) is 3.64. The molecule has 242 valence electrons. The number of allylic oxidation sites excluding steroid dienone is 3. The van der Waals surface area contributed by atoms with E-state index in [-0.39, 0.29) is 54.6 Å². The van der Waals surface area contributed by atoms with Crippen LogP contribution in [0, 0.1) is 17.8 Å². The van der Waals surface area contributed by atoms with Crippen LogP contribution in [0.15, 0.2) is 36.5 Å². The molecule has 2 aliphatic rings. The van der Waals surface area contributed by atoms with Gasteiger partial charge >= 0.3 is 5.97 Å². The zero-order valence-electron chi connectivity index (χ0n) is 28.4. The lowest BCUT2D eigenvalue weighted by molar-refractivity contribution is -0.144. The average molecular weight is 607 g/mol. The van der Waals surface area contributed by atoms with Crippen molar-refractivity contribution in [2.24, 2.45) is 17.8 Å². The molecule has 0 aromatic carbocycles. The highest BCUT2D eigenvalue weighted by molar-refractivity contribution is 6.73. The monoisotopic (exact) mass is 606 g/mol. The van der Waals surface area contributed by atoms with Crippen LogP contribution in [0.1, 0.15) is 94.4 Å². The number of esters is 1. The summed E-state index contributed by atoms with van der Waals surface area (Å²) in [5.74, 6) is 0.908. The van der Waals surface area contributed by atoms with Gasteiger partial charge in [-0.3, -0.25) is 4.79 Å². The minimum atomic E-state index is -1.71. The number of methoxy groups -OCH3 is 1. The van der Waals surface area contributed by atoms with Crippen LogP contribution in [0.25, 0.3) is 0 Å². The fourth-order valence-corrected chi connectivity index (χ4v) is 9.95. The zero-order chi connectivity index (χ0) is 31.5. The van der Waals surface area contributed by atoms with Crippen molar-refractivity contribution in [3.05, 3.63) is 36.5 Å². The van der Waals surface area contributed by atoms with Crippen LogP contribution < -0.4 is 0 Å². The van der Waals surface area contributed by atoms with E-state index in [0.717, 1.165) is 37.4 Å². The maximum absolute atomic E-state index is 11.9. The summed E-state index contributed by atoms with van der Waals surface area (Å²) in [6.45, 7) is 24.0. The molecule has 2 rings (SSSR count). The van der Waals surface area contributed by atoms with Gasteiger partial charge in [0.2, 0.25) is 0 Å². The summed E-state index contributed by atoms with van der Waals surface area (Å²) in [5.41, 5.74) is 1.09. The molecular weight excluding hydrogens is 544 g/mol. The Bertz CT molecular complexity index is 890. The predicted octanol–water partition coefficient (Wildman–Crippen LogP) is 8.43. The van der Waals surface area contributed by atoms with E-state index in [1.54, 1.807) is 6.08 Å². The third-order valence-electron chi connectivity index (χ3n) is 9.85. The Hall–Kier alpha value is -1.25. The molecule has 2 aliphatic heterocycles. The molecule has 6 nitrogen and oxygen atoms in total.